The van der Waals surface area contributed by atoms with E-state index in [1.807, 2.05) is 30.3 Å². The molecule has 0 bridgehead atoms. The molecule has 0 N–H and O–H groups in total. The van der Waals surface area contributed by atoms with Gasteiger partial charge in [0.05, 0.1) is 5.75 Å². The number of ketones is 1. The Morgan fingerprint density at radius 1 is 1.15 bits per heavy atom. The molecule has 1 aliphatic rings. The van der Waals surface area contributed by atoms with Crippen molar-refractivity contribution in [2.75, 3.05) is 12.8 Å². The number of sulfonamides is 1. The average Bonchev–Trinajstić information content (AvgIpc) is 2.46. The first-order valence-corrected chi connectivity index (χ1v) is 8.61. The van der Waals surface area contributed by atoms with E-state index < -0.39 is 10.0 Å². The van der Waals surface area contributed by atoms with Crippen molar-refractivity contribution < 1.29 is 13.2 Å². The van der Waals surface area contributed by atoms with Crippen molar-refractivity contribution in [3.05, 3.63) is 35.9 Å². The summed E-state index contributed by atoms with van der Waals surface area (Å²) in [6.07, 6.45) is 2.84. The molecule has 0 spiro atoms. The molecule has 1 saturated carbocycles. The van der Waals surface area contributed by atoms with Gasteiger partial charge in [-0.15, -0.1) is 0 Å². The molecule has 0 aliphatic heterocycles. The Labute approximate surface area is 120 Å². The van der Waals surface area contributed by atoms with Crippen LogP contribution in [0, 0.1) is 0 Å². The number of Topliss-reactive ketones (excluding diaryl/α,β-unsaturated/α-hetero) is 1. The average molecular weight is 295 g/mol. The largest absolute Gasteiger partial charge is 0.300 e. The quantitative estimate of drug-likeness (QED) is 0.835. The molecule has 0 radical (unpaired) electrons. The Bertz CT molecular complexity index is 544. The Morgan fingerprint density at radius 3 is 2.35 bits per heavy atom. The smallest absolute Gasteiger partial charge is 0.214 e. The first kappa shape index (κ1) is 15.2. The highest BCUT2D eigenvalue weighted by Crippen LogP contribution is 2.22. The second-order valence-corrected chi connectivity index (χ2v) is 7.49. The van der Waals surface area contributed by atoms with Crippen LogP contribution in [0.25, 0.3) is 0 Å². The maximum Gasteiger partial charge on any atom is 0.214 e. The Balaban J connectivity index is 1.94. The lowest BCUT2D eigenvalue weighted by Gasteiger charge is -2.29. The second-order valence-electron chi connectivity index (χ2n) is 5.34. The third-order valence-corrected chi connectivity index (χ3v) is 5.85. The van der Waals surface area contributed by atoms with Gasteiger partial charge in [0.1, 0.15) is 5.78 Å². The fourth-order valence-electron chi connectivity index (χ4n) is 2.55. The molecule has 0 aromatic heterocycles. The molecular formula is C15H21NO3S. The normalized spacial score (nSPS) is 17.6. The minimum absolute atomic E-state index is 0.0199. The van der Waals surface area contributed by atoms with E-state index in [4.69, 9.17) is 0 Å². The highest BCUT2D eigenvalue weighted by Gasteiger charge is 2.29. The summed E-state index contributed by atoms with van der Waals surface area (Å²) in [5.41, 5.74) is 1.03. The van der Waals surface area contributed by atoms with Gasteiger partial charge in [0.15, 0.2) is 0 Å². The minimum Gasteiger partial charge on any atom is -0.300 e. The lowest BCUT2D eigenvalue weighted by molar-refractivity contribution is -0.120. The van der Waals surface area contributed by atoms with Crippen molar-refractivity contribution in [3.8, 4) is 0 Å². The Hall–Kier alpha value is -1.20. The first-order valence-electron chi connectivity index (χ1n) is 7.00. The van der Waals surface area contributed by atoms with Gasteiger partial charge in [-0.3, -0.25) is 4.79 Å². The number of nitrogens with zero attached hydrogens (tertiary/aromatic N) is 1. The van der Waals surface area contributed by atoms with E-state index in [1.165, 1.54) is 4.31 Å². The van der Waals surface area contributed by atoms with Crippen LogP contribution in [-0.4, -0.2) is 37.3 Å². The molecule has 0 unspecified atom stereocenters. The van der Waals surface area contributed by atoms with Crippen molar-refractivity contribution in [1.29, 1.82) is 0 Å². The summed E-state index contributed by atoms with van der Waals surface area (Å²) < 4.78 is 26.1. The third kappa shape index (κ3) is 3.90. The lowest BCUT2D eigenvalue weighted by Crippen LogP contribution is -2.41. The van der Waals surface area contributed by atoms with E-state index >= 15 is 0 Å². The monoisotopic (exact) mass is 295 g/mol. The molecule has 1 aromatic rings. The van der Waals surface area contributed by atoms with Gasteiger partial charge in [-0.1, -0.05) is 30.3 Å². The SMILES string of the molecule is CN(C1CCC(=O)CC1)S(=O)(=O)CCc1ccccc1. The van der Waals surface area contributed by atoms with Crippen LogP contribution >= 0.6 is 0 Å². The number of carbonyl (C=O) groups is 1. The van der Waals surface area contributed by atoms with Crippen LogP contribution in [0.5, 0.6) is 0 Å². The lowest BCUT2D eigenvalue weighted by atomic mass is 9.95. The highest BCUT2D eigenvalue weighted by atomic mass is 32.2. The van der Waals surface area contributed by atoms with Crippen molar-refractivity contribution >= 4 is 15.8 Å². The summed E-state index contributed by atoms with van der Waals surface area (Å²) in [5, 5.41) is 0. The predicted octanol–water partition coefficient (Wildman–Crippen LogP) is 2.00. The molecule has 1 aromatic carbocycles. The molecule has 0 heterocycles. The van der Waals surface area contributed by atoms with Gasteiger partial charge in [-0.05, 0) is 24.8 Å². The van der Waals surface area contributed by atoms with Crippen LogP contribution in [0.15, 0.2) is 30.3 Å². The molecule has 1 fully saturated rings. The van der Waals surface area contributed by atoms with Gasteiger partial charge in [-0.2, -0.15) is 0 Å². The highest BCUT2D eigenvalue weighted by molar-refractivity contribution is 7.89. The standard InChI is InChI=1S/C15H21NO3S/c1-16(14-7-9-15(17)10-8-14)20(18,19)12-11-13-5-3-2-4-6-13/h2-6,14H,7-12H2,1H3. The van der Waals surface area contributed by atoms with Gasteiger partial charge in [-0.25, -0.2) is 12.7 Å². The molecule has 0 amide bonds. The third-order valence-electron chi connectivity index (χ3n) is 3.96. The Morgan fingerprint density at radius 2 is 1.75 bits per heavy atom. The van der Waals surface area contributed by atoms with Crippen LogP contribution in [0.2, 0.25) is 0 Å². The van der Waals surface area contributed by atoms with Gasteiger partial charge in [0, 0.05) is 25.9 Å². The maximum absolute atomic E-state index is 12.3. The first-order chi connectivity index (χ1) is 9.49. The van der Waals surface area contributed by atoms with Crippen LogP contribution in [-0.2, 0) is 21.2 Å². The fraction of sp³-hybridized carbons (Fsp3) is 0.533. The summed E-state index contributed by atoms with van der Waals surface area (Å²) in [7, 11) is -1.61. The van der Waals surface area contributed by atoms with E-state index in [9.17, 15) is 13.2 Å². The molecule has 0 saturated heterocycles. The van der Waals surface area contributed by atoms with Crippen molar-refractivity contribution in [2.24, 2.45) is 0 Å². The number of hydrogen-bond donors (Lipinski definition) is 0. The van der Waals surface area contributed by atoms with Crippen LogP contribution in [0.1, 0.15) is 31.2 Å². The second kappa shape index (κ2) is 6.50. The van der Waals surface area contributed by atoms with Crippen molar-refractivity contribution in [3.63, 3.8) is 0 Å². The molecule has 0 atom stereocenters. The van der Waals surface area contributed by atoms with E-state index in [2.05, 4.69) is 0 Å². The number of benzene rings is 1. The molecular weight excluding hydrogens is 274 g/mol. The van der Waals surface area contributed by atoms with E-state index in [-0.39, 0.29) is 17.6 Å². The molecule has 1 aliphatic carbocycles. The molecule has 5 heteroatoms. The number of rotatable bonds is 5. The predicted molar refractivity (Wildman–Crippen MR) is 79.0 cm³/mol. The molecule has 2 rings (SSSR count). The summed E-state index contributed by atoms with van der Waals surface area (Å²) in [6.45, 7) is 0. The fourth-order valence-corrected chi connectivity index (χ4v) is 4.00. The van der Waals surface area contributed by atoms with Gasteiger partial charge in [0.25, 0.3) is 0 Å². The van der Waals surface area contributed by atoms with E-state index in [1.54, 1.807) is 7.05 Å². The summed E-state index contributed by atoms with van der Waals surface area (Å²) >= 11 is 0. The Kier molecular flexibility index (Phi) is 4.94. The molecule has 4 nitrogen and oxygen atoms in total. The summed E-state index contributed by atoms with van der Waals surface area (Å²) in [5.74, 6) is 0.370. The van der Waals surface area contributed by atoms with Crippen molar-refractivity contribution in [1.82, 2.24) is 4.31 Å². The van der Waals surface area contributed by atoms with Crippen LogP contribution in [0.3, 0.4) is 0 Å². The van der Waals surface area contributed by atoms with Crippen molar-refractivity contribution in [2.45, 2.75) is 38.1 Å². The number of carbonyl (C=O) groups excluding carboxylic acids is 1. The van der Waals surface area contributed by atoms with E-state index in [0.717, 1.165) is 5.56 Å². The zero-order chi connectivity index (χ0) is 14.6. The minimum atomic E-state index is -3.25. The number of hydrogen-bond acceptors (Lipinski definition) is 3. The molecule has 110 valence electrons. The zero-order valence-electron chi connectivity index (χ0n) is 11.8. The van der Waals surface area contributed by atoms with E-state index in [0.29, 0.717) is 32.1 Å². The van der Waals surface area contributed by atoms with Gasteiger partial charge >= 0.3 is 0 Å². The van der Waals surface area contributed by atoms with Gasteiger partial charge in [0.2, 0.25) is 10.0 Å². The topological polar surface area (TPSA) is 54.5 Å². The van der Waals surface area contributed by atoms with Crippen LogP contribution < -0.4 is 0 Å². The van der Waals surface area contributed by atoms with Crippen LogP contribution in [0.4, 0.5) is 0 Å². The molecule has 20 heavy (non-hydrogen) atoms. The summed E-state index contributed by atoms with van der Waals surface area (Å²) in [6, 6.07) is 9.61. The maximum atomic E-state index is 12.3. The summed E-state index contributed by atoms with van der Waals surface area (Å²) in [4.78, 5) is 11.2. The number of aryl methyl sites for hydroxylation is 1. The zero-order valence-corrected chi connectivity index (χ0v) is 12.6. The van der Waals surface area contributed by atoms with Gasteiger partial charge < -0.3 is 0 Å².